The molecule has 38 atom stereocenters. The van der Waals surface area contributed by atoms with Crippen LogP contribution in [0.15, 0.2) is 0 Å². The lowest BCUT2D eigenvalue weighted by molar-refractivity contribution is 0.0421. The highest BCUT2D eigenvalue weighted by Crippen LogP contribution is 2.68. The van der Waals surface area contributed by atoms with E-state index in [2.05, 4.69) is 104 Å². The number of fused-ring (bicyclic) bond motifs is 15. The van der Waals surface area contributed by atoms with Gasteiger partial charge in [0, 0.05) is 0 Å². The summed E-state index contributed by atoms with van der Waals surface area (Å²) in [6, 6.07) is 0. The molecule has 30 rings (SSSR count). The summed E-state index contributed by atoms with van der Waals surface area (Å²) < 4.78 is 0. The third kappa shape index (κ3) is 35.5. The molecule has 30 aliphatic rings. The SMILES string of the molecule is C.C.C.C.C.C.C.C.C.C.C.C.C.C.C.CC1C2CC12.CC1C2CCC12.CC1C2CCCC12.CC1C2CCCCC12.CC1CC2CC12.CC1CC2CC2C1.CC1CC2CCC2C1.CC1CC2CCCCC12.CC1CC2CCCCC2C1.CC1CCC2CC12.CC1CCC2CC2C1.CC1CCC2CCC12.CC1CCC2CCC2C1.CC1CCC2CCCCC12.CC1CCCC2CC12. The highest BCUT2D eigenvalue weighted by atomic mass is 14.7. The molecule has 131 heavy (non-hydrogen) atoms. The van der Waals surface area contributed by atoms with Crippen LogP contribution in [0.5, 0.6) is 0 Å². The van der Waals surface area contributed by atoms with Crippen LogP contribution in [0.4, 0.5) is 0 Å². The van der Waals surface area contributed by atoms with Gasteiger partial charge < -0.3 is 0 Å². The summed E-state index contributed by atoms with van der Waals surface area (Å²) in [4.78, 5) is 0. The largest absolute Gasteiger partial charge is 0.0776 e. The third-order valence-corrected chi connectivity index (χ3v) is 44.0. The minimum Gasteiger partial charge on any atom is -0.0776 e. The first-order chi connectivity index (χ1) is 56.1. The van der Waals surface area contributed by atoms with Crippen molar-refractivity contribution in [2.45, 2.75) is 575 Å². The van der Waals surface area contributed by atoms with Crippen molar-refractivity contribution in [2.24, 2.45) is 266 Å². The van der Waals surface area contributed by atoms with E-state index < -0.39 is 0 Å². The predicted octanol–water partition coefficient (Wildman–Crippen LogP) is 44.6. The Labute approximate surface area is 835 Å². The molecule has 0 saturated heterocycles. The number of hydrogen-bond acceptors (Lipinski definition) is 0. The van der Waals surface area contributed by atoms with E-state index >= 15 is 0 Å². The van der Waals surface area contributed by atoms with Crippen LogP contribution in [0.3, 0.4) is 0 Å². The van der Waals surface area contributed by atoms with Gasteiger partial charge in [-0.1, -0.05) is 350 Å². The Kier molecular flexibility index (Phi) is 58.4. The van der Waals surface area contributed by atoms with Crippen molar-refractivity contribution in [3.63, 3.8) is 0 Å². The molecule has 38 unspecified atom stereocenters. The zero-order valence-electron chi connectivity index (χ0n) is 80.6. The lowest BCUT2D eigenvalue weighted by atomic mass is 9.59. The monoisotopic (exact) mass is 1840 g/mol. The number of hydrogen-bond donors (Lipinski definition) is 0. The van der Waals surface area contributed by atoms with Gasteiger partial charge in [-0.15, -0.1) is 0 Å². The molecule has 0 spiro atoms. The van der Waals surface area contributed by atoms with Crippen molar-refractivity contribution in [1.29, 1.82) is 0 Å². The summed E-state index contributed by atoms with van der Waals surface area (Å²) in [7, 11) is 0. The first kappa shape index (κ1) is 129. The van der Waals surface area contributed by atoms with Crippen LogP contribution in [0, 0.1) is 266 Å². The summed E-state index contributed by atoms with van der Waals surface area (Å²) in [5.74, 6) is 51.6. The van der Waals surface area contributed by atoms with Crippen molar-refractivity contribution in [1.82, 2.24) is 0 Å². The van der Waals surface area contributed by atoms with Crippen molar-refractivity contribution in [2.75, 3.05) is 0 Å². The van der Waals surface area contributed by atoms with Crippen LogP contribution >= 0.6 is 0 Å². The van der Waals surface area contributed by atoms with Crippen LogP contribution in [-0.2, 0) is 0 Å². The first-order valence-corrected chi connectivity index (χ1v) is 56.1. The molecule has 0 N–H and O–H groups in total. The fourth-order valence-corrected chi connectivity index (χ4v) is 33.4. The molecule has 30 saturated carbocycles. The molecular weight excluding hydrogens is 1570 g/mol. The van der Waals surface area contributed by atoms with E-state index in [-0.39, 0.29) is 111 Å². The standard InChI is InChI=1S/2C10H18.2C9H16.5C8H14.3C7H12.2C6H10.C5H8.15CH4/c1-8-6-9-4-2-3-5-10(9)7-8;1-8-6-7-9-4-2-3-5-10(8)9;1-7-2-3-8-4-5-9(8)6-7;1-7-6-8-4-2-3-5-9(7)8;1-6-4-7-2-3-8(7)5-6;1-6-2-3-7-5-8(7)4-6;1-6-2-3-7-4-5-8(6)7;1-6-3-2-4-7-5-8(6)7;1-6-7-4-2-3-5-8(6)7;1-5-2-6-4-7(6)3-5;1-5-2-3-6-4-7(5)6;1-5-6-3-2-4-7(5)6;1-4-2-5-3-6(4)5;1-4-5-2-3-6(4)5;1-3-4-2-5(3)4;;;;;;;;;;;;;;;/h2*8-10H,2-7H2,1H3;2*7-9H,2-6H2,1H3;5*6-8H,2-5H2,1H3;3*5-7H,2-4H2,1H3;2*4-6H,2-3H2,1H3;3-5H,2H2,1H3;15*1H4. The molecule has 0 heterocycles. The molecule has 0 radical (unpaired) electrons. The molecule has 0 aromatic heterocycles. The fourth-order valence-electron chi connectivity index (χ4n) is 33.4. The highest BCUT2D eigenvalue weighted by Gasteiger charge is 2.61. The molecular formula is C131H262. The van der Waals surface area contributed by atoms with Crippen LogP contribution in [0.1, 0.15) is 575 Å². The second-order valence-corrected chi connectivity index (χ2v) is 52.2. The molecule has 0 nitrogen and oxygen atoms in total. The second-order valence-electron chi connectivity index (χ2n) is 52.2. The normalized spacial score (nSPS) is 47.7. The Morgan fingerprint density at radius 2 is 0.321 bits per heavy atom. The fraction of sp³-hybridized carbons (Fsp3) is 1.00. The van der Waals surface area contributed by atoms with E-state index in [1.807, 2.05) is 0 Å². The minimum atomic E-state index is 0. The van der Waals surface area contributed by atoms with Gasteiger partial charge in [0.25, 0.3) is 0 Å². The van der Waals surface area contributed by atoms with Crippen molar-refractivity contribution < 1.29 is 0 Å². The van der Waals surface area contributed by atoms with Gasteiger partial charge in [0.1, 0.15) is 0 Å². The lowest BCUT2D eigenvalue weighted by Gasteiger charge is -2.46. The van der Waals surface area contributed by atoms with Crippen molar-refractivity contribution >= 4 is 0 Å². The van der Waals surface area contributed by atoms with E-state index in [0.717, 1.165) is 136 Å². The maximum atomic E-state index is 2.45. The number of rotatable bonds is 0. The zero-order valence-corrected chi connectivity index (χ0v) is 80.6. The van der Waals surface area contributed by atoms with Crippen LogP contribution in [0.25, 0.3) is 0 Å². The Morgan fingerprint density at radius 3 is 0.580 bits per heavy atom. The van der Waals surface area contributed by atoms with E-state index in [1.165, 1.54) is 233 Å². The smallest absolute Gasteiger partial charge is 0.0352 e. The Morgan fingerprint density at radius 1 is 0.0992 bits per heavy atom. The zero-order chi connectivity index (χ0) is 80.6. The Balaban J connectivity index is 0.000000697. The van der Waals surface area contributed by atoms with Gasteiger partial charge in [0.15, 0.2) is 0 Å². The van der Waals surface area contributed by atoms with Gasteiger partial charge in [-0.25, -0.2) is 0 Å². The molecule has 0 heteroatoms. The van der Waals surface area contributed by atoms with Gasteiger partial charge in [-0.3, -0.25) is 0 Å². The Bertz CT molecular complexity index is 2770. The quantitative estimate of drug-likeness (QED) is 0.227. The maximum Gasteiger partial charge on any atom is -0.0352 e. The average molecular weight is 1840 g/mol. The minimum absolute atomic E-state index is 0. The van der Waals surface area contributed by atoms with Crippen LogP contribution in [-0.4, -0.2) is 0 Å². The molecule has 0 aromatic rings. The maximum absolute atomic E-state index is 2.45. The summed E-state index contributed by atoms with van der Waals surface area (Å²) in [6.07, 6.45) is 86.4. The van der Waals surface area contributed by atoms with Gasteiger partial charge in [0.05, 0.1) is 0 Å². The summed E-state index contributed by atoms with van der Waals surface area (Å²) in [5, 5.41) is 0. The van der Waals surface area contributed by atoms with Gasteiger partial charge in [-0.2, -0.15) is 0 Å². The van der Waals surface area contributed by atoms with E-state index in [1.54, 1.807) is 257 Å². The van der Waals surface area contributed by atoms with Gasteiger partial charge in [0.2, 0.25) is 0 Å². The first-order valence-electron chi connectivity index (χ1n) is 56.1. The van der Waals surface area contributed by atoms with Gasteiger partial charge >= 0.3 is 0 Å². The summed E-state index contributed by atoms with van der Waals surface area (Å²) in [5.41, 5.74) is 0. The van der Waals surface area contributed by atoms with Crippen molar-refractivity contribution in [3.05, 3.63) is 0 Å². The predicted molar refractivity (Wildman–Crippen MR) is 602 cm³/mol. The summed E-state index contributed by atoms with van der Waals surface area (Å²) in [6.45, 7) is 36.0. The van der Waals surface area contributed by atoms with Crippen LogP contribution in [0.2, 0.25) is 0 Å². The van der Waals surface area contributed by atoms with E-state index in [0.29, 0.717) is 0 Å². The van der Waals surface area contributed by atoms with Crippen molar-refractivity contribution in [3.8, 4) is 0 Å². The molecule has 0 amide bonds. The lowest BCUT2D eigenvalue weighted by Crippen LogP contribution is -2.36. The molecule has 0 aliphatic heterocycles. The van der Waals surface area contributed by atoms with E-state index in [4.69, 9.17) is 0 Å². The average Bonchev–Trinajstić information content (AvgIpc) is 1.55. The molecule has 30 fully saturated rings. The second kappa shape index (κ2) is 59.3. The summed E-state index contributed by atoms with van der Waals surface area (Å²) >= 11 is 0. The third-order valence-electron chi connectivity index (χ3n) is 44.0. The topological polar surface area (TPSA) is 0 Å². The highest BCUT2D eigenvalue weighted by molar-refractivity contribution is 5.10. The molecule has 0 aromatic carbocycles. The Hall–Kier alpha value is 0. The van der Waals surface area contributed by atoms with E-state index in [9.17, 15) is 0 Å². The van der Waals surface area contributed by atoms with Gasteiger partial charge in [-0.05, 0) is 491 Å². The molecule has 30 aliphatic carbocycles. The van der Waals surface area contributed by atoms with Crippen LogP contribution < -0.4 is 0 Å². The molecule has 786 valence electrons. The molecule has 0 bridgehead atoms.